The van der Waals surface area contributed by atoms with Crippen molar-refractivity contribution < 1.29 is 0 Å². The van der Waals surface area contributed by atoms with Crippen molar-refractivity contribution >= 4 is 5.69 Å². The number of aryl methyl sites for hydroxylation is 1. The quantitative estimate of drug-likeness (QED) is 0.589. The molecule has 0 amide bonds. The normalized spacial score (nSPS) is 22.8. The maximum absolute atomic E-state index is 3.77. The van der Waals surface area contributed by atoms with Gasteiger partial charge in [-0.1, -0.05) is 58.1 Å². The Bertz CT molecular complexity index is 381. The number of nitrogens with one attached hydrogen (secondary N) is 1. The Hall–Kier alpha value is -0.980. The van der Waals surface area contributed by atoms with Crippen LogP contribution in [0.2, 0.25) is 0 Å². The second kappa shape index (κ2) is 9.12. The monoisotopic (exact) mass is 287 g/mol. The third-order valence-electron chi connectivity index (χ3n) is 4.93. The maximum Gasteiger partial charge on any atom is 0.0342 e. The van der Waals surface area contributed by atoms with Gasteiger partial charge in [-0.25, -0.2) is 0 Å². The average Bonchev–Trinajstić information content (AvgIpc) is 2.73. The van der Waals surface area contributed by atoms with E-state index in [-0.39, 0.29) is 0 Å². The third-order valence-corrected chi connectivity index (χ3v) is 4.93. The van der Waals surface area contributed by atoms with Crippen LogP contribution in [0.1, 0.15) is 77.2 Å². The summed E-state index contributed by atoms with van der Waals surface area (Å²) in [5.74, 6) is 0.984. The predicted molar refractivity (Wildman–Crippen MR) is 93.9 cm³/mol. The van der Waals surface area contributed by atoms with Crippen LogP contribution in [-0.2, 0) is 6.42 Å². The number of rotatable bonds is 7. The Morgan fingerprint density at radius 3 is 2.48 bits per heavy atom. The van der Waals surface area contributed by atoms with E-state index in [4.69, 9.17) is 0 Å². The molecule has 0 aliphatic heterocycles. The molecule has 0 bridgehead atoms. The van der Waals surface area contributed by atoms with Crippen LogP contribution in [0.15, 0.2) is 24.3 Å². The number of benzene rings is 1. The van der Waals surface area contributed by atoms with E-state index in [0.717, 1.165) is 5.92 Å². The number of anilines is 1. The van der Waals surface area contributed by atoms with E-state index < -0.39 is 0 Å². The van der Waals surface area contributed by atoms with Crippen LogP contribution in [0.4, 0.5) is 5.69 Å². The summed E-state index contributed by atoms with van der Waals surface area (Å²) in [5.41, 5.74) is 2.79. The van der Waals surface area contributed by atoms with E-state index >= 15 is 0 Å². The van der Waals surface area contributed by atoms with Gasteiger partial charge < -0.3 is 5.32 Å². The lowest BCUT2D eigenvalue weighted by Gasteiger charge is -2.18. The molecule has 1 heteroatoms. The fraction of sp³-hybridized carbons (Fsp3) is 0.700. The second-order valence-electron chi connectivity index (χ2n) is 6.80. The van der Waals surface area contributed by atoms with Gasteiger partial charge in [-0.2, -0.15) is 0 Å². The van der Waals surface area contributed by atoms with Gasteiger partial charge in [-0.15, -0.1) is 0 Å². The van der Waals surface area contributed by atoms with Crippen molar-refractivity contribution in [1.82, 2.24) is 0 Å². The molecule has 21 heavy (non-hydrogen) atoms. The molecule has 2 rings (SSSR count). The van der Waals surface area contributed by atoms with Crippen LogP contribution in [0.3, 0.4) is 0 Å². The van der Waals surface area contributed by atoms with E-state index in [1.807, 2.05) is 0 Å². The van der Waals surface area contributed by atoms with Crippen molar-refractivity contribution in [2.75, 3.05) is 5.32 Å². The van der Waals surface area contributed by atoms with E-state index in [1.165, 1.54) is 75.5 Å². The summed E-state index contributed by atoms with van der Waals surface area (Å²) in [7, 11) is 0. The summed E-state index contributed by atoms with van der Waals surface area (Å²) in [6, 6.07) is 9.84. The summed E-state index contributed by atoms with van der Waals surface area (Å²) >= 11 is 0. The first-order chi connectivity index (χ1) is 10.3. The van der Waals surface area contributed by atoms with Gasteiger partial charge in [0.2, 0.25) is 0 Å². The Balaban J connectivity index is 1.81. The summed E-state index contributed by atoms with van der Waals surface area (Å²) < 4.78 is 0. The van der Waals surface area contributed by atoms with E-state index in [9.17, 15) is 0 Å². The van der Waals surface area contributed by atoms with Gasteiger partial charge in [0, 0.05) is 11.7 Å². The molecular weight excluding hydrogens is 254 g/mol. The predicted octanol–water partition coefficient (Wildman–Crippen LogP) is 6.19. The fourth-order valence-corrected chi connectivity index (χ4v) is 3.60. The highest BCUT2D eigenvalue weighted by Crippen LogP contribution is 2.28. The first-order valence-corrected chi connectivity index (χ1v) is 9.17. The summed E-state index contributed by atoms with van der Waals surface area (Å²) in [5, 5.41) is 3.77. The Labute approximate surface area is 131 Å². The number of hydrogen-bond donors (Lipinski definition) is 1. The smallest absolute Gasteiger partial charge is 0.0342 e. The first-order valence-electron chi connectivity index (χ1n) is 9.17. The molecule has 1 aromatic rings. The molecule has 1 N–H and O–H groups in total. The van der Waals surface area contributed by atoms with E-state index in [1.54, 1.807) is 0 Å². The van der Waals surface area contributed by atoms with E-state index in [2.05, 4.69) is 43.4 Å². The number of unbranched alkanes of at least 4 members (excludes halogenated alkanes) is 1. The molecule has 0 radical (unpaired) electrons. The van der Waals surface area contributed by atoms with Crippen LogP contribution < -0.4 is 5.32 Å². The summed E-state index contributed by atoms with van der Waals surface area (Å²) in [4.78, 5) is 0. The van der Waals surface area contributed by atoms with Gasteiger partial charge in [0.05, 0.1) is 0 Å². The number of hydrogen-bond acceptors (Lipinski definition) is 1. The zero-order chi connectivity index (χ0) is 14.9. The van der Waals surface area contributed by atoms with Gasteiger partial charge >= 0.3 is 0 Å². The molecule has 1 fully saturated rings. The molecular formula is C20H33N. The SMILES string of the molecule is CCCCc1ccc(NC2CCCC(CCC)CC2)cc1. The van der Waals surface area contributed by atoms with Crippen LogP contribution in [0, 0.1) is 5.92 Å². The highest BCUT2D eigenvalue weighted by molar-refractivity contribution is 5.45. The van der Waals surface area contributed by atoms with Crippen molar-refractivity contribution in [3.8, 4) is 0 Å². The second-order valence-corrected chi connectivity index (χ2v) is 6.80. The fourth-order valence-electron chi connectivity index (χ4n) is 3.60. The average molecular weight is 287 g/mol. The van der Waals surface area contributed by atoms with Crippen LogP contribution in [-0.4, -0.2) is 6.04 Å². The standard InChI is InChI=1S/C20H33N/c1-3-5-8-18-12-15-20(16-13-18)21-19-10-6-9-17(7-4-2)11-14-19/h12-13,15-17,19,21H,3-11,14H2,1-2H3. The molecule has 1 saturated carbocycles. The summed E-state index contributed by atoms with van der Waals surface area (Å²) in [6.45, 7) is 4.58. The molecule has 0 spiro atoms. The zero-order valence-corrected chi connectivity index (χ0v) is 14.0. The Morgan fingerprint density at radius 1 is 0.952 bits per heavy atom. The van der Waals surface area contributed by atoms with Crippen molar-refractivity contribution in [2.24, 2.45) is 5.92 Å². The first kappa shape index (κ1) is 16.4. The van der Waals surface area contributed by atoms with Gasteiger partial charge in [0.1, 0.15) is 0 Å². The lowest BCUT2D eigenvalue weighted by molar-refractivity contribution is 0.422. The lowest BCUT2D eigenvalue weighted by atomic mass is 9.95. The topological polar surface area (TPSA) is 12.0 Å². The zero-order valence-electron chi connectivity index (χ0n) is 14.0. The van der Waals surface area contributed by atoms with Crippen molar-refractivity contribution in [3.05, 3.63) is 29.8 Å². The molecule has 118 valence electrons. The molecule has 0 aromatic heterocycles. The highest BCUT2D eigenvalue weighted by atomic mass is 14.9. The molecule has 2 unspecified atom stereocenters. The van der Waals surface area contributed by atoms with Crippen molar-refractivity contribution in [2.45, 2.75) is 84.1 Å². The molecule has 1 nitrogen and oxygen atoms in total. The van der Waals surface area contributed by atoms with Crippen LogP contribution >= 0.6 is 0 Å². The van der Waals surface area contributed by atoms with Gasteiger partial charge in [0.25, 0.3) is 0 Å². The van der Waals surface area contributed by atoms with Crippen molar-refractivity contribution in [1.29, 1.82) is 0 Å². The minimum absolute atomic E-state index is 0.688. The van der Waals surface area contributed by atoms with Gasteiger partial charge in [0.15, 0.2) is 0 Å². The van der Waals surface area contributed by atoms with Crippen molar-refractivity contribution in [3.63, 3.8) is 0 Å². The highest BCUT2D eigenvalue weighted by Gasteiger charge is 2.18. The Kier molecular flexibility index (Phi) is 7.12. The minimum Gasteiger partial charge on any atom is -0.382 e. The van der Waals surface area contributed by atoms with Gasteiger partial charge in [-0.05, 0) is 55.7 Å². The van der Waals surface area contributed by atoms with E-state index in [0.29, 0.717) is 6.04 Å². The van der Waals surface area contributed by atoms with Gasteiger partial charge in [-0.3, -0.25) is 0 Å². The van der Waals surface area contributed by atoms with Crippen LogP contribution in [0.25, 0.3) is 0 Å². The molecule has 1 aliphatic rings. The Morgan fingerprint density at radius 2 is 1.76 bits per heavy atom. The van der Waals surface area contributed by atoms with Crippen LogP contribution in [0.5, 0.6) is 0 Å². The molecule has 1 aliphatic carbocycles. The largest absolute Gasteiger partial charge is 0.382 e. The lowest BCUT2D eigenvalue weighted by Crippen LogP contribution is -2.18. The third kappa shape index (κ3) is 5.73. The molecule has 2 atom stereocenters. The molecule has 1 aromatic carbocycles. The molecule has 0 heterocycles. The summed E-state index contributed by atoms with van der Waals surface area (Å²) in [6.07, 6.45) is 13.5. The molecule has 0 saturated heterocycles. The maximum atomic E-state index is 3.77. The minimum atomic E-state index is 0.688.